The van der Waals surface area contributed by atoms with E-state index in [1.165, 1.54) is 5.56 Å². The van der Waals surface area contributed by atoms with Gasteiger partial charge in [-0.15, -0.1) is 11.3 Å². The van der Waals surface area contributed by atoms with Crippen LogP contribution < -0.4 is 5.32 Å². The smallest absolute Gasteiger partial charge is 0.251 e. The van der Waals surface area contributed by atoms with Crippen LogP contribution in [-0.4, -0.2) is 65.4 Å². The SMILES string of the molecule is CC(=O)N1CCN(CC(C)NC(=O)c2cc(-c3ccc(C)cc3)cc(-c3scnc3C)c2)CC1. The van der Waals surface area contributed by atoms with Gasteiger partial charge in [-0.3, -0.25) is 14.5 Å². The molecule has 2 aromatic carbocycles. The number of hydrogen-bond acceptors (Lipinski definition) is 5. The Morgan fingerprint density at radius 2 is 1.68 bits per heavy atom. The summed E-state index contributed by atoms with van der Waals surface area (Å²) in [6, 6.07) is 14.4. The number of carbonyl (C=O) groups excluding carboxylic acids is 2. The van der Waals surface area contributed by atoms with Gasteiger partial charge in [0.15, 0.2) is 0 Å². The van der Waals surface area contributed by atoms with E-state index in [2.05, 4.69) is 52.5 Å². The standard InChI is InChI=1S/C27H32N4O2S/c1-18-5-7-22(8-6-18)23-13-24(26-20(3)28-17-34-26)15-25(14-23)27(33)29-19(2)16-30-9-11-31(12-10-30)21(4)32/h5-8,13-15,17,19H,9-12,16H2,1-4H3,(H,29,33). The molecule has 1 unspecified atom stereocenters. The molecule has 1 fully saturated rings. The van der Waals surface area contributed by atoms with Gasteiger partial charge in [0.05, 0.1) is 16.1 Å². The number of thiazole rings is 1. The molecule has 6 nitrogen and oxygen atoms in total. The molecule has 1 atom stereocenters. The number of rotatable bonds is 6. The summed E-state index contributed by atoms with van der Waals surface area (Å²) >= 11 is 1.59. The van der Waals surface area contributed by atoms with Gasteiger partial charge in [0.2, 0.25) is 5.91 Å². The van der Waals surface area contributed by atoms with Crippen molar-refractivity contribution in [1.29, 1.82) is 0 Å². The van der Waals surface area contributed by atoms with Crippen LogP contribution in [0, 0.1) is 13.8 Å². The van der Waals surface area contributed by atoms with Crippen LogP contribution in [0.25, 0.3) is 21.6 Å². The first-order chi connectivity index (χ1) is 16.3. The van der Waals surface area contributed by atoms with Gasteiger partial charge in [-0.25, -0.2) is 4.98 Å². The summed E-state index contributed by atoms with van der Waals surface area (Å²) in [4.78, 5) is 34.5. The third-order valence-electron chi connectivity index (χ3n) is 6.31. The van der Waals surface area contributed by atoms with E-state index < -0.39 is 0 Å². The number of aryl methyl sites for hydroxylation is 2. The van der Waals surface area contributed by atoms with Gasteiger partial charge in [0.1, 0.15) is 0 Å². The number of carbonyl (C=O) groups is 2. The van der Waals surface area contributed by atoms with Crippen LogP contribution >= 0.6 is 11.3 Å². The molecule has 1 aromatic heterocycles. The summed E-state index contributed by atoms with van der Waals surface area (Å²) in [5.41, 5.74) is 7.77. The molecular weight excluding hydrogens is 444 g/mol. The van der Waals surface area contributed by atoms with Crippen molar-refractivity contribution in [1.82, 2.24) is 20.1 Å². The lowest BCUT2D eigenvalue weighted by atomic mass is 9.97. The Bertz CT molecular complexity index is 1160. The summed E-state index contributed by atoms with van der Waals surface area (Å²) in [5, 5.41) is 3.18. The number of aromatic nitrogens is 1. The molecule has 0 bridgehead atoms. The summed E-state index contributed by atoms with van der Waals surface area (Å²) in [6.45, 7) is 11.6. The van der Waals surface area contributed by atoms with E-state index in [9.17, 15) is 9.59 Å². The van der Waals surface area contributed by atoms with Crippen molar-refractivity contribution < 1.29 is 9.59 Å². The first kappa shape index (κ1) is 24.1. The molecule has 0 radical (unpaired) electrons. The van der Waals surface area contributed by atoms with Gasteiger partial charge in [0, 0.05) is 51.3 Å². The molecule has 1 saturated heterocycles. The fraction of sp³-hybridized carbons (Fsp3) is 0.370. The lowest BCUT2D eigenvalue weighted by Crippen LogP contribution is -2.51. The topological polar surface area (TPSA) is 65.5 Å². The van der Waals surface area contributed by atoms with Gasteiger partial charge in [-0.05, 0) is 55.7 Å². The summed E-state index contributed by atoms with van der Waals surface area (Å²) in [7, 11) is 0. The highest BCUT2D eigenvalue weighted by Crippen LogP contribution is 2.32. The maximum atomic E-state index is 13.3. The summed E-state index contributed by atoms with van der Waals surface area (Å²) < 4.78 is 0. The third-order valence-corrected chi connectivity index (χ3v) is 7.29. The van der Waals surface area contributed by atoms with Gasteiger partial charge in [-0.1, -0.05) is 29.8 Å². The molecular formula is C27H32N4O2S. The number of amides is 2. The van der Waals surface area contributed by atoms with Crippen molar-refractivity contribution in [3.8, 4) is 21.6 Å². The highest BCUT2D eigenvalue weighted by Gasteiger charge is 2.21. The van der Waals surface area contributed by atoms with Crippen LogP contribution in [-0.2, 0) is 4.79 Å². The minimum atomic E-state index is -0.0766. The monoisotopic (exact) mass is 476 g/mol. The molecule has 0 spiro atoms. The average Bonchev–Trinajstić information content (AvgIpc) is 3.25. The fourth-order valence-electron chi connectivity index (χ4n) is 4.37. The van der Waals surface area contributed by atoms with Crippen LogP contribution in [0.15, 0.2) is 48.0 Å². The van der Waals surface area contributed by atoms with Crippen molar-refractivity contribution in [2.24, 2.45) is 0 Å². The van der Waals surface area contributed by atoms with Crippen molar-refractivity contribution in [3.05, 3.63) is 64.8 Å². The fourth-order valence-corrected chi connectivity index (χ4v) is 5.16. The Morgan fingerprint density at radius 3 is 2.29 bits per heavy atom. The zero-order valence-corrected chi connectivity index (χ0v) is 21.1. The zero-order valence-electron chi connectivity index (χ0n) is 20.3. The second-order valence-corrected chi connectivity index (χ2v) is 9.97. The van der Waals surface area contributed by atoms with Crippen molar-refractivity contribution >= 4 is 23.2 Å². The predicted octanol–water partition coefficient (Wildman–Crippen LogP) is 4.38. The lowest BCUT2D eigenvalue weighted by Gasteiger charge is -2.35. The Kier molecular flexibility index (Phi) is 7.44. The normalized spacial score (nSPS) is 15.2. The maximum Gasteiger partial charge on any atom is 0.251 e. The average molecular weight is 477 g/mol. The largest absolute Gasteiger partial charge is 0.348 e. The van der Waals surface area contributed by atoms with Gasteiger partial charge in [-0.2, -0.15) is 0 Å². The predicted molar refractivity (Wildman–Crippen MR) is 138 cm³/mol. The van der Waals surface area contributed by atoms with E-state index >= 15 is 0 Å². The third kappa shape index (κ3) is 5.72. The van der Waals surface area contributed by atoms with Crippen molar-refractivity contribution in [3.63, 3.8) is 0 Å². The van der Waals surface area contributed by atoms with Crippen LogP contribution in [0.1, 0.15) is 35.5 Å². The van der Waals surface area contributed by atoms with Crippen molar-refractivity contribution in [2.45, 2.75) is 33.7 Å². The second kappa shape index (κ2) is 10.5. The van der Waals surface area contributed by atoms with Crippen LogP contribution in [0.5, 0.6) is 0 Å². The highest BCUT2D eigenvalue weighted by atomic mass is 32.1. The Balaban J connectivity index is 1.52. The Labute approximate surface area is 205 Å². The van der Waals surface area contributed by atoms with E-state index in [-0.39, 0.29) is 17.9 Å². The van der Waals surface area contributed by atoms with Crippen molar-refractivity contribution in [2.75, 3.05) is 32.7 Å². The number of nitrogens with one attached hydrogen (secondary N) is 1. The molecule has 178 valence electrons. The molecule has 1 aliphatic heterocycles. The van der Waals surface area contributed by atoms with E-state index in [0.717, 1.165) is 60.0 Å². The van der Waals surface area contributed by atoms with E-state index in [0.29, 0.717) is 5.56 Å². The molecule has 2 heterocycles. The van der Waals surface area contributed by atoms with E-state index in [1.54, 1.807) is 18.3 Å². The first-order valence-electron chi connectivity index (χ1n) is 11.7. The molecule has 2 amide bonds. The van der Waals surface area contributed by atoms with Gasteiger partial charge in [0.25, 0.3) is 5.91 Å². The number of piperazine rings is 1. The van der Waals surface area contributed by atoms with E-state index in [1.807, 2.05) is 36.4 Å². The molecule has 0 saturated carbocycles. The van der Waals surface area contributed by atoms with Gasteiger partial charge >= 0.3 is 0 Å². The zero-order chi connectivity index (χ0) is 24.2. The molecule has 1 aliphatic rings. The maximum absolute atomic E-state index is 13.3. The number of hydrogen-bond donors (Lipinski definition) is 1. The van der Waals surface area contributed by atoms with Crippen LogP contribution in [0.2, 0.25) is 0 Å². The molecule has 3 aromatic rings. The molecule has 34 heavy (non-hydrogen) atoms. The Morgan fingerprint density at radius 1 is 1.00 bits per heavy atom. The Hall–Kier alpha value is -3.03. The summed E-state index contributed by atoms with van der Waals surface area (Å²) in [6.07, 6.45) is 0. The van der Waals surface area contributed by atoms with Crippen LogP contribution in [0.4, 0.5) is 0 Å². The highest BCUT2D eigenvalue weighted by molar-refractivity contribution is 7.13. The molecule has 1 N–H and O–H groups in total. The van der Waals surface area contributed by atoms with Gasteiger partial charge < -0.3 is 10.2 Å². The molecule has 7 heteroatoms. The quantitative estimate of drug-likeness (QED) is 0.574. The minimum Gasteiger partial charge on any atom is -0.348 e. The molecule has 0 aliphatic carbocycles. The minimum absolute atomic E-state index is 0.00648. The van der Waals surface area contributed by atoms with Crippen LogP contribution in [0.3, 0.4) is 0 Å². The molecule has 4 rings (SSSR count). The summed E-state index contributed by atoms with van der Waals surface area (Å²) in [5.74, 6) is 0.0497. The van der Waals surface area contributed by atoms with E-state index in [4.69, 9.17) is 0 Å². The lowest BCUT2D eigenvalue weighted by molar-refractivity contribution is -0.130. The second-order valence-electron chi connectivity index (χ2n) is 9.11. The first-order valence-corrected chi connectivity index (χ1v) is 12.6. The number of benzene rings is 2. The number of nitrogens with zero attached hydrogens (tertiary/aromatic N) is 3.